The van der Waals surface area contributed by atoms with E-state index in [9.17, 15) is 9.59 Å². The monoisotopic (exact) mass is 364 g/mol. The number of hydrogen-bond donors (Lipinski definition) is 1. The Bertz CT molecular complexity index is 828. The fourth-order valence-electron chi connectivity index (χ4n) is 2.97. The van der Waals surface area contributed by atoms with Crippen LogP contribution in [0.25, 0.3) is 6.08 Å². The number of rotatable bonds is 7. The first-order valence-electron chi connectivity index (χ1n) is 9.18. The zero-order valence-corrected chi connectivity index (χ0v) is 15.5. The average Bonchev–Trinajstić information content (AvgIpc) is 3.10. The Morgan fingerprint density at radius 2 is 2.04 bits per heavy atom. The molecule has 1 saturated heterocycles. The molecule has 0 aliphatic carbocycles. The van der Waals surface area contributed by atoms with Gasteiger partial charge in [0, 0.05) is 24.7 Å². The molecular formula is C22H24N2O3. The summed E-state index contributed by atoms with van der Waals surface area (Å²) in [5.74, 6) is 0.809. The molecular weight excluding hydrogens is 340 g/mol. The summed E-state index contributed by atoms with van der Waals surface area (Å²) in [4.78, 5) is 25.5. The number of ether oxygens (including phenoxy) is 1. The molecule has 1 aliphatic rings. The largest absolute Gasteiger partial charge is 0.492 e. The van der Waals surface area contributed by atoms with Crippen LogP contribution in [0.2, 0.25) is 0 Å². The molecule has 0 radical (unpaired) electrons. The van der Waals surface area contributed by atoms with Gasteiger partial charge in [0.15, 0.2) is 0 Å². The fourth-order valence-corrected chi connectivity index (χ4v) is 2.97. The molecule has 2 aromatic carbocycles. The van der Waals surface area contributed by atoms with Crippen LogP contribution in [0.1, 0.15) is 24.0 Å². The van der Waals surface area contributed by atoms with Crippen LogP contribution in [0, 0.1) is 6.92 Å². The maximum Gasteiger partial charge on any atom is 0.244 e. The van der Waals surface area contributed by atoms with Gasteiger partial charge >= 0.3 is 0 Å². The molecule has 1 N–H and O–H groups in total. The van der Waals surface area contributed by atoms with Crippen molar-refractivity contribution < 1.29 is 14.3 Å². The van der Waals surface area contributed by atoms with E-state index in [4.69, 9.17) is 4.74 Å². The molecule has 0 atom stereocenters. The third kappa shape index (κ3) is 5.45. The van der Waals surface area contributed by atoms with E-state index in [1.807, 2.05) is 55.5 Å². The van der Waals surface area contributed by atoms with E-state index in [0.717, 1.165) is 35.5 Å². The highest BCUT2D eigenvalue weighted by Gasteiger charge is 2.21. The van der Waals surface area contributed by atoms with Crippen molar-refractivity contribution in [1.29, 1.82) is 0 Å². The first-order chi connectivity index (χ1) is 13.1. The Labute approximate surface area is 159 Å². The Hall–Kier alpha value is -3.08. The maximum absolute atomic E-state index is 11.9. The lowest BCUT2D eigenvalue weighted by atomic mass is 10.2. The molecule has 0 bridgehead atoms. The molecule has 2 amide bonds. The first kappa shape index (κ1) is 18.7. The highest BCUT2D eigenvalue weighted by atomic mass is 16.5. The highest BCUT2D eigenvalue weighted by molar-refractivity contribution is 5.95. The zero-order valence-electron chi connectivity index (χ0n) is 15.5. The molecule has 0 spiro atoms. The summed E-state index contributed by atoms with van der Waals surface area (Å²) in [5, 5.41) is 2.80. The summed E-state index contributed by atoms with van der Waals surface area (Å²) in [6, 6.07) is 15.4. The number of anilines is 1. The Balaban J connectivity index is 1.42. The number of carbonyl (C=O) groups excluding carboxylic acids is 2. The van der Waals surface area contributed by atoms with Crippen molar-refractivity contribution in [2.24, 2.45) is 0 Å². The summed E-state index contributed by atoms with van der Waals surface area (Å²) in [5.41, 5.74) is 2.96. The van der Waals surface area contributed by atoms with Crippen LogP contribution in [-0.4, -0.2) is 31.5 Å². The molecule has 0 saturated carbocycles. The van der Waals surface area contributed by atoms with Crippen LogP contribution in [0.5, 0.6) is 5.75 Å². The summed E-state index contributed by atoms with van der Waals surface area (Å²) >= 11 is 0. The second kappa shape index (κ2) is 9.03. The van der Waals surface area contributed by atoms with E-state index in [-0.39, 0.29) is 11.8 Å². The second-order valence-corrected chi connectivity index (χ2v) is 6.53. The minimum absolute atomic E-state index is 0.165. The molecule has 0 unspecified atom stereocenters. The van der Waals surface area contributed by atoms with Crippen LogP contribution in [-0.2, 0) is 9.59 Å². The zero-order chi connectivity index (χ0) is 19.1. The molecule has 3 rings (SSSR count). The van der Waals surface area contributed by atoms with Crippen molar-refractivity contribution in [3.05, 3.63) is 65.7 Å². The molecule has 27 heavy (non-hydrogen) atoms. The lowest BCUT2D eigenvalue weighted by Crippen LogP contribution is -2.26. The van der Waals surface area contributed by atoms with Gasteiger partial charge < -0.3 is 15.0 Å². The van der Waals surface area contributed by atoms with E-state index in [1.165, 1.54) is 6.08 Å². The first-order valence-corrected chi connectivity index (χ1v) is 9.18. The molecule has 140 valence electrons. The number of carbonyl (C=O) groups is 2. The van der Waals surface area contributed by atoms with Gasteiger partial charge in [-0.25, -0.2) is 0 Å². The minimum atomic E-state index is -0.165. The van der Waals surface area contributed by atoms with Crippen molar-refractivity contribution in [1.82, 2.24) is 5.32 Å². The van der Waals surface area contributed by atoms with E-state index in [1.54, 1.807) is 11.0 Å². The van der Waals surface area contributed by atoms with Gasteiger partial charge in [-0.3, -0.25) is 9.59 Å². The third-order valence-corrected chi connectivity index (χ3v) is 4.36. The second-order valence-electron chi connectivity index (χ2n) is 6.53. The standard InChI is InChI=1S/C22H24N2O3/c1-17-4-2-5-20(16-17)27-15-13-23-21(25)12-9-18-7-10-19(11-8-18)24-14-3-6-22(24)26/h2,4-5,7-12,16H,3,6,13-15H2,1H3,(H,23,25)/b12-9+. The van der Waals surface area contributed by atoms with E-state index < -0.39 is 0 Å². The Kier molecular flexibility index (Phi) is 6.26. The Morgan fingerprint density at radius 1 is 1.22 bits per heavy atom. The maximum atomic E-state index is 11.9. The van der Waals surface area contributed by atoms with Crippen LogP contribution in [0.4, 0.5) is 5.69 Å². The summed E-state index contributed by atoms with van der Waals surface area (Å²) in [6.45, 7) is 3.64. The predicted octanol–water partition coefficient (Wildman–Crippen LogP) is 3.33. The number of hydrogen-bond acceptors (Lipinski definition) is 3. The van der Waals surface area contributed by atoms with Crippen LogP contribution < -0.4 is 15.0 Å². The van der Waals surface area contributed by atoms with E-state index in [2.05, 4.69) is 5.32 Å². The predicted molar refractivity (Wildman–Crippen MR) is 107 cm³/mol. The van der Waals surface area contributed by atoms with Crippen LogP contribution in [0.15, 0.2) is 54.6 Å². The van der Waals surface area contributed by atoms with Crippen molar-refractivity contribution in [2.75, 3.05) is 24.6 Å². The van der Waals surface area contributed by atoms with Crippen molar-refractivity contribution >= 4 is 23.6 Å². The van der Waals surface area contributed by atoms with Gasteiger partial charge in [0.1, 0.15) is 12.4 Å². The van der Waals surface area contributed by atoms with Crippen molar-refractivity contribution in [3.63, 3.8) is 0 Å². The molecule has 5 nitrogen and oxygen atoms in total. The third-order valence-electron chi connectivity index (χ3n) is 4.36. The highest BCUT2D eigenvalue weighted by Crippen LogP contribution is 2.21. The SMILES string of the molecule is Cc1cccc(OCCNC(=O)/C=C/c2ccc(N3CCCC3=O)cc2)c1. The molecule has 2 aromatic rings. The topological polar surface area (TPSA) is 58.6 Å². The molecule has 1 aliphatic heterocycles. The minimum Gasteiger partial charge on any atom is -0.492 e. The molecule has 0 aromatic heterocycles. The number of benzene rings is 2. The number of amides is 2. The van der Waals surface area contributed by atoms with Gasteiger partial charge in [0.05, 0.1) is 6.54 Å². The quantitative estimate of drug-likeness (QED) is 0.606. The summed E-state index contributed by atoms with van der Waals surface area (Å²) in [7, 11) is 0. The van der Waals surface area contributed by atoms with E-state index >= 15 is 0 Å². The van der Waals surface area contributed by atoms with Gasteiger partial charge in [-0.1, -0.05) is 24.3 Å². The molecule has 5 heteroatoms. The lowest BCUT2D eigenvalue weighted by Gasteiger charge is -2.15. The van der Waals surface area contributed by atoms with Gasteiger partial charge in [0.2, 0.25) is 11.8 Å². The fraction of sp³-hybridized carbons (Fsp3) is 0.273. The molecule has 1 fully saturated rings. The van der Waals surface area contributed by atoms with Gasteiger partial charge in [-0.05, 0) is 54.8 Å². The number of nitrogens with zero attached hydrogens (tertiary/aromatic N) is 1. The average molecular weight is 364 g/mol. The molecule has 1 heterocycles. The van der Waals surface area contributed by atoms with Crippen molar-refractivity contribution in [2.45, 2.75) is 19.8 Å². The number of aryl methyl sites for hydroxylation is 1. The van der Waals surface area contributed by atoms with Crippen LogP contribution in [0.3, 0.4) is 0 Å². The number of nitrogens with one attached hydrogen (secondary N) is 1. The van der Waals surface area contributed by atoms with Crippen molar-refractivity contribution in [3.8, 4) is 5.75 Å². The van der Waals surface area contributed by atoms with Gasteiger partial charge in [-0.2, -0.15) is 0 Å². The van der Waals surface area contributed by atoms with E-state index in [0.29, 0.717) is 19.6 Å². The summed E-state index contributed by atoms with van der Waals surface area (Å²) < 4.78 is 5.60. The van der Waals surface area contributed by atoms with Crippen LogP contribution >= 0.6 is 0 Å². The van der Waals surface area contributed by atoms with Gasteiger partial charge in [0.25, 0.3) is 0 Å². The summed E-state index contributed by atoms with van der Waals surface area (Å²) in [6.07, 6.45) is 4.79. The Morgan fingerprint density at radius 3 is 2.74 bits per heavy atom. The van der Waals surface area contributed by atoms with Gasteiger partial charge in [-0.15, -0.1) is 0 Å². The lowest BCUT2D eigenvalue weighted by molar-refractivity contribution is -0.117. The smallest absolute Gasteiger partial charge is 0.244 e. The normalized spacial score (nSPS) is 14.0.